The van der Waals surface area contributed by atoms with Crippen LogP contribution < -0.4 is 0 Å². The van der Waals surface area contributed by atoms with Crippen molar-refractivity contribution in [3.05, 3.63) is 101 Å². The van der Waals surface area contributed by atoms with Crippen molar-refractivity contribution in [2.45, 2.75) is 24.7 Å². The first kappa shape index (κ1) is 21.6. The molecular formula is C27H27NO4. The average molecular weight is 430 g/mol. The molecule has 1 N–H and O–H groups in total. The van der Waals surface area contributed by atoms with Crippen LogP contribution in [0.5, 0.6) is 5.75 Å². The Morgan fingerprint density at radius 3 is 2.16 bits per heavy atom. The second-order valence-electron chi connectivity index (χ2n) is 8.25. The molecule has 1 fully saturated rings. The fraction of sp³-hybridized carbons (Fsp3) is 0.259. The van der Waals surface area contributed by atoms with Crippen LogP contribution in [0.15, 0.2) is 78.9 Å². The molecule has 0 spiro atoms. The van der Waals surface area contributed by atoms with E-state index >= 15 is 0 Å². The summed E-state index contributed by atoms with van der Waals surface area (Å²) >= 11 is 0. The van der Waals surface area contributed by atoms with Crippen molar-refractivity contribution < 1.29 is 19.4 Å². The summed E-state index contributed by atoms with van der Waals surface area (Å²) in [4.78, 5) is 27.7. The molecule has 164 valence electrons. The van der Waals surface area contributed by atoms with E-state index in [1.54, 1.807) is 17.0 Å². The van der Waals surface area contributed by atoms with Crippen LogP contribution in [0.1, 0.15) is 39.9 Å². The number of carbonyl (C=O) groups is 2. The van der Waals surface area contributed by atoms with Gasteiger partial charge in [0.2, 0.25) is 0 Å². The number of hydrogen-bond acceptors (Lipinski definition) is 4. The van der Waals surface area contributed by atoms with Crippen LogP contribution in [-0.2, 0) is 21.4 Å². The second kappa shape index (κ2) is 9.27. The molecule has 0 aromatic heterocycles. The van der Waals surface area contributed by atoms with Gasteiger partial charge in [0.15, 0.2) is 0 Å². The molecule has 5 nitrogen and oxygen atoms in total. The van der Waals surface area contributed by atoms with Crippen LogP contribution in [0, 0.1) is 0 Å². The van der Waals surface area contributed by atoms with Gasteiger partial charge in [-0.3, -0.25) is 9.59 Å². The van der Waals surface area contributed by atoms with Gasteiger partial charge in [0.1, 0.15) is 5.75 Å². The van der Waals surface area contributed by atoms with E-state index in [1.165, 1.54) is 7.11 Å². The number of rotatable bonds is 5. The Hall–Kier alpha value is -3.60. The summed E-state index contributed by atoms with van der Waals surface area (Å²) in [5, 5.41) is 10.4. The van der Waals surface area contributed by atoms with Crippen molar-refractivity contribution in [1.82, 2.24) is 4.90 Å². The minimum atomic E-state index is -0.760. The van der Waals surface area contributed by atoms with E-state index in [9.17, 15) is 14.7 Å². The Labute approximate surface area is 188 Å². The van der Waals surface area contributed by atoms with E-state index in [0.29, 0.717) is 37.9 Å². The Morgan fingerprint density at radius 1 is 0.906 bits per heavy atom. The Balaban J connectivity index is 1.53. The number of amides is 1. The summed E-state index contributed by atoms with van der Waals surface area (Å²) in [6.45, 7) is 0.816. The zero-order chi connectivity index (χ0) is 22.6. The van der Waals surface area contributed by atoms with Crippen molar-refractivity contribution in [2.75, 3.05) is 20.2 Å². The summed E-state index contributed by atoms with van der Waals surface area (Å²) in [6.07, 6.45) is 1.63. The Kier molecular flexibility index (Phi) is 6.26. The maximum atomic E-state index is 13.3. The lowest BCUT2D eigenvalue weighted by molar-refractivity contribution is -0.149. The van der Waals surface area contributed by atoms with Crippen molar-refractivity contribution in [3.8, 4) is 5.75 Å². The first-order chi connectivity index (χ1) is 15.5. The summed E-state index contributed by atoms with van der Waals surface area (Å²) in [5.41, 5.74) is 2.54. The largest absolute Gasteiger partial charge is 0.507 e. The highest BCUT2D eigenvalue weighted by Gasteiger charge is 2.44. The molecule has 0 unspecified atom stereocenters. The Bertz CT molecular complexity index is 1090. The number of likely N-dealkylation sites (tertiary alicyclic amines) is 1. The summed E-state index contributed by atoms with van der Waals surface area (Å²) in [7, 11) is 1.40. The molecule has 1 heterocycles. The van der Waals surface area contributed by atoms with Gasteiger partial charge >= 0.3 is 5.97 Å². The third kappa shape index (κ3) is 4.24. The lowest BCUT2D eigenvalue weighted by atomic mass is 9.72. The molecule has 1 aliphatic heterocycles. The minimum absolute atomic E-state index is 0.0281. The van der Waals surface area contributed by atoms with E-state index in [-0.39, 0.29) is 17.6 Å². The van der Waals surface area contributed by atoms with Crippen LogP contribution in [0.25, 0.3) is 0 Å². The van der Waals surface area contributed by atoms with Gasteiger partial charge in [-0.25, -0.2) is 0 Å². The van der Waals surface area contributed by atoms with Gasteiger partial charge in [0.25, 0.3) is 5.91 Å². The van der Waals surface area contributed by atoms with E-state index < -0.39 is 5.41 Å². The molecule has 1 amide bonds. The van der Waals surface area contributed by atoms with E-state index in [1.807, 2.05) is 66.7 Å². The van der Waals surface area contributed by atoms with Gasteiger partial charge in [-0.15, -0.1) is 0 Å². The molecule has 0 bridgehead atoms. The highest BCUT2D eigenvalue weighted by atomic mass is 16.5. The number of phenols is 1. The number of phenolic OH excluding ortho intramolecular Hbond substituents is 1. The smallest absolute Gasteiger partial charge is 0.316 e. The summed E-state index contributed by atoms with van der Waals surface area (Å²) in [6, 6.07) is 24.8. The van der Waals surface area contributed by atoms with E-state index in [4.69, 9.17) is 4.74 Å². The number of carbonyl (C=O) groups excluding carboxylic acids is 2. The number of benzene rings is 3. The molecule has 3 aromatic rings. The number of hydrogen-bond donors (Lipinski definition) is 1. The molecule has 0 aliphatic carbocycles. The van der Waals surface area contributed by atoms with Crippen molar-refractivity contribution in [3.63, 3.8) is 0 Å². The number of aromatic hydroxyl groups is 1. The quantitative estimate of drug-likeness (QED) is 0.613. The fourth-order valence-corrected chi connectivity index (χ4v) is 4.52. The van der Waals surface area contributed by atoms with Crippen molar-refractivity contribution >= 4 is 11.9 Å². The fourth-order valence-electron chi connectivity index (χ4n) is 4.52. The van der Waals surface area contributed by atoms with Gasteiger partial charge < -0.3 is 14.7 Å². The van der Waals surface area contributed by atoms with Crippen LogP contribution in [0.2, 0.25) is 0 Å². The molecule has 0 saturated carbocycles. The maximum Gasteiger partial charge on any atom is 0.316 e. The molecule has 3 aromatic carbocycles. The molecule has 5 heteroatoms. The van der Waals surface area contributed by atoms with Crippen LogP contribution in [-0.4, -0.2) is 42.1 Å². The number of piperidine rings is 1. The zero-order valence-corrected chi connectivity index (χ0v) is 18.2. The monoisotopic (exact) mass is 429 g/mol. The number of esters is 1. The van der Waals surface area contributed by atoms with Gasteiger partial charge in [0.05, 0.1) is 18.1 Å². The third-order valence-electron chi connectivity index (χ3n) is 6.35. The molecule has 0 atom stereocenters. The predicted octanol–water partition coefficient (Wildman–Crippen LogP) is 4.33. The standard InChI is InChI=1S/C27H27NO4/c1-32-26(31)27(22-10-6-3-7-11-22)14-16-28(17-15-27)25(30)23-19-21(12-13-24(23)29)18-20-8-4-2-5-9-20/h2-13,19,29H,14-18H2,1H3. The average Bonchev–Trinajstić information content (AvgIpc) is 2.85. The SMILES string of the molecule is COC(=O)C1(c2ccccc2)CCN(C(=O)c2cc(Cc3ccccc3)ccc2O)CC1. The van der Waals surface area contributed by atoms with E-state index in [0.717, 1.165) is 16.7 Å². The van der Waals surface area contributed by atoms with Crippen LogP contribution in [0.3, 0.4) is 0 Å². The zero-order valence-electron chi connectivity index (χ0n) is 18.2. The minimum Gasteiger partial charge on any atom is -0.507 e. The first-order valence-corrected chi connectivity index (χ1v) is 10.8. The van der Waals surface area contributed by atoms with Crippen molar-refractivity contribution in [2.24, 2.45) is 0 Å². The van der Waals surface area contributed by atoms with Gasteiger partial charge in [-0.05, 0) is 48.1 Å². The molecule has 1 saturated heterocycles. The molecular weight excluding hydrogens is 402 g/mol. The van der Waals surface area contributed by atoms with E-state index in [2.05, 4.69) is 0 Å². The third-order valence-corrected chi connectivity index (χ3v) is 6.35. The first-order valence-electron chi connectivity index (χ1n) is 10.8. The predicted molar refractivity (Wildman–Crippen MR) is 123 cm³/mol. The number of methoxy groups -OCH3 is 1. The van der Waals surface area contributed by atoms with Crippen LogP contribution >= 0.6 is 0 Å². The number of nitrogens with zero attached hydrogens (tertiary/aromatic N) is 1. The van der Waals surface area contributed by atoms with Gasteiger partial charge in [-0.1, -0.05) is 66.7 Å². The lowest BCUT2D eigenvalue weighted by Gasteiger charge is -2.40. The maximum absolute atomic E-state index is 13.3. The van der Waals surface area contributed by atoms with Gasteiger partial charge in [0, 0.05) is 13.1 Å². The Morgan fingerprint density at radius 2 is 1.53 bits per heavy atom. The van der Waals surface area contributed by atoms with Gasteiger partial charge in [-0.2, -0.15) is 0 Å². The highest BCUT2D eigenvalue weighted by molar-refractivity contribution is 5.97. The normalized spacial score (nSPS) is 15.2. The second-order valence-corrected chi connectivity index (χ2v) is 8.25. The van der Waals surface area contributed by atoms with Crippen LogP contribution in [0.4, 0.5) is 0 Å². The molecule has 32 heavy (non-hydrogen) atoms. The molecule has 1 aliphatic rings. The summed E-state index contributed by atoms with van der Waals surface area (Å²) in [5.74, 6) is -0.521. The summed E-state index contributed by atoms with van der Waals surface area (Å²) < 4.78 is 5.14. The highest BCUT2D eigenvalue weighted by Crippen LogP contribution is 2.37. The lowest BCUT2D eigenvalue weighted by Crippen LogP contribution is -2.49. The topological polar surface area (TPSA) is 66.8 Å². The molecule has 0 radical (unpaired) electrons. The molecule has 4 rings (SSSR count). The van der Waals surface area contributed by atoms with Crippen molar-refractivity contribution in [1.29, 1.82) is 0 Å². The number of ether oxygens (including phenoxy) is 1.